The van der Waals surface area contributed by atoms with Gasteiger partial charge in [-0.2, -0.15) is 0 Å². The molecule has 0 N–H and O–H groups in total. The number of aromatic nitrogens is 2. The van der Waals surface area contributed by atoms with E-state index in [2.05, 4.69) is 14.5 Å². The Labute approximate surface area is 153 Å². The first-order chi connectivity index (χ1) is 11.6. The molecular weight excluding hydrogens is 368 g/mol. The predicted molar refractivity (Wildman–Crippen MR) is 98.0 cm³/mol. The van der Waals surface area contributed by atoms with Crippen molar-refractivity contribution < 1.29 is 4.39 Å². The van der Waals surface area contributed by atoms with E-state index in [0.717, 1.165) is 28.4 Å². The first kappa shape index (κ1) is 17.1. The molecule has 3 nitrogen and oxygen atoms in total. The van der Waals surface area contributed by atoms with Gasteiger partial charge < -0.3 is 4.90 Å². The van der Waals surface area contributed by atoms with Crippen molar-refractivity contribution in [1.29, 1.82) is 0 Å². The molecule has 0 aliphatic carbocycles. The van der Waals surface area contributed by atoms with Crippen LogP contribution in [0.15, 0.2) is 42.5 Å². The van der Waals surface area contributed by atoms with Crippen molar-refractivity contribution in [3.05, 3.63) is 69.6 Å². The van der Waals surface area contributed by atoms with Crippen LogP contribution in [0.4, 0.5) is 15.1 Å². The molecule has 1 aromatic heterocycles. The molecule has 0 aliphatic heterocycles. The fourth-order valence-corrected chi connectivity index (χ4v) is 3.45. The van der Waals surface area contributed by atoms with E-state index in [-0.39, 0.29) is 5.82 Å². The molecule has 0 atom stereocenters. The highest BCUT2D eigenvalue weighted by molar-refractivity contribution is 7.10. The van der Waals surface area contributed by atoms with Crippen LogP contribution in [-0.2, 0) is 13.0 Å². The summed E-state index contributed by atoms with van der Waals surface area (Å²) in [6.07, 6.45) is 0.769. The van der Waals surface area contributed by atoms with E-state index in [4.69, 9.17) is 23.2 Å². The largest absolute Gasteiger partial charge is 0.326 e. The normalized spacial score (nSPS) is 10.8. The van der Waals surface area contributed by atoms with E-state index in [0.29, 0.717) is 16.6 Å². The molecular formula is C17H14Cl2FN3S. The Morgan fingerprint density at radius 2 is 1.83 bits per heavy atom. The van der Waals surface area contributed by atoms with E-state index in [1.165, 1.54) is 23.7 Å². The Morgan fingerprint density at radius 3 is 2.50 bits per heavy atom. The van der Waals surface area contributed by atoms with Gasteiger partial charge in [-0.05, 0) is 48.4 Å². The van der Waals surface area contributed by atoms with Crippen LogP contribution in [0.2, 0.25) is 10.0 Å². The number of rotatable bonds is 5. The molecule has 0 spiro atoms. The van der Waals surface area contributed by atoms with Crippen LogP contribution < -0.4 is 4.90 Å². The molecule has 0 saturated carbocycles. The van der Waals surface area contributed by atoms with Gasteiger partial charge in [-0.25, -0.2) is 4.39 Å². The molecule has 24 heavy (non-hydrogen) atoms. The van der Waals surface area contributed by atoms with Crippen LogP contribution in [0.25, 0.3) is 0 Å². The number of benzene rings is 2. The van der Waals surface area contributed by atoms with Crippen molar-refractivity contribution in [2.75, 3.05) is 4.90 Å². The zero-order chi connectivity index (χ0) is 17.1. The number of halogens is 3. The highest BCUT2D eigenvalue weighted by Gasteiger charge is 2.17. The third kappa shape index (κ3) is 3.69. The summed E-state index contributed by atoms with van der Waals surface area (Å²) in [7, 11) is 0. The van der Waals surface area contributed by atoms with E-state index < -0.39 is 0 Å². The molecule has 0 aliphatic rings. The molecule has 3 rings (SSSR count). The fourth-order valence-electron chi connectivity index (χ4n) is 2.35. The smallest absolute Gasteiger partial charge is 0.140 e. The van der Waals surface area contributed by atoms with Crippen LogP contribution >= 0.6 is 34.7 Å². The minimum atomic E-state index is -0.272. The van der Waals surface area contributed by atoms with Crippen LogP contribution in [0.1, 0.15) is 18.2 Å². The van der Waals surface area contributed by atoms with Crippen LogP contribution in [0, 0.1) is 5.82 Å². The number of nitrogens with zero attached hydrogens (tertiary/aromatic N) is 3. The molecule has 2 aromatic carbocycles. The summed E-state index contributed by atoms with van der Waals surface area (Å²) in [6.45, 7) is 2.58. The molecule has 0 unspecified atom stereocenters. The highest BCUT2D eigenvalue weighted by Crippen LogP contribution is 2.34. The van der Waals surface area contributed by atoms with Crippen molar-refractivity contribution in [3.63, 3.8) is 0 Å². The van der Waals surface area contributed by atoms with Crippen LogP contribution in [0.3, 0.4) is 0 Å². The Bertz CT molecular complexity index is 836. The molecule has 3 aromatic rings. The maximum Gasteiger partial charge on any atom is 0.140 e. The molecule has 124 valence electrons. The van der Waals surface area contributed by atoms with Gasteiger partial charge in [-0.15, -0.1) is 5.10 Å². The van der Waals surface area contributed by atoms with Crippen LogP contribution in [0.5, 0.6) is 0 Å². The third-order valence-corrected chi connectivity index (χ3v) is 5.11. The lowest BCUT2D eigenvalue weighted by Crippen LogP contribution is -2.16. The summed E-state index contributed by atoms with van der Waals surface area (Å²) in [6, 6.07) is 11.9. The summed E-state index contributed by atoms with van der Waals surface area (Å²) >= 11 is 13.4. The van der Waals surface area contributed by atoms with Gasteiger partial charge in [-0.3, -0.25) is 0 Å². The van der Waals surface area contributed by atoms with Gasteiger partial charge in [0.1, 0.15) is 10.8 Å². The minimum Gasteiger partial charge on any atom is -0.326 e. The van der Waals surface area contributed by atoms with E-state index in [1.54, 1.807) is 18.2 Å². The van der Waals surface area contributed by atoms with E-state index in [1.807, 2.05) is 19.1 Å². The standard InChI is InChI=1S/C17H14Cl2FN3S/c1-2-16-17(24-22-21-16)23(13-6-4-12(20)5-7-13)10-11-3-8-14(18)15(19)9-11/h3-9H,2,10H2,1H3. The summed E-state index contributed by atoms with van der Waals surface area (Å²) in [5.41, 5.74) is 2.76. The second-order valence-electron chi connectivity index (χ2n) is 5.19. The Hall–Kier alpha value is -1.69. The molecule has 1 heterocycles. The van der Waals surface area contributed by atoms with Crippen LogP contribution in [-0.4, -0.2) is 9.59 Å². The van der Waals surface area contributed by atoms with Crippen molar-refractivity contribution in [2.24, 2.45) is 0 Å². The summed E-state index contributed by atoms with van der Waals surface area (Å²) in [5, 5.41) is 6.14. The zero-order valence-electron chi connectivity index (χ0n) is 12.8. The van der Waals surface area contributed by atoms with Gasteiger partial charge in [0.25, 0.3) is 0 Å². The number of hydrogen-bond acceptors (Lipinski definition) is 4. The topological polar surface area (TPSA) is 29.0 Å². The van der Waals surface area contributed by atoms with Crippen molar-refractivity contribution in [2.45, 2.75) is 19.9 Å². The predicted octanol–water partition coefficient (Wildman–Crippen LogP) is 5.88. The number of hydrogen-bond donors (Lipinski definition) is 0. The average molecular weight is 382 g/mol. The van der Waals surface area contributed by atoms with Crippen molar-refractivity contribution >= 4 is 45.4 Å². The molecule has 0 fully saturated rings. The Morgan fingerprint density at radius 1 is 1.08 bits per heavy atom. The Kier molecular flexibility index (Phi) is 5.33. The van der Waals surface area contributed by atoms with Gasteiger partial charge in [-0.1, -0.05) is 40.7 Å². The second-order valence-corrected chi connectivity index (χ2v) is 6.74. The zero-order valence-corrected chi connectivity index (χ0v) is 15.2. The second kappa shape index (κ2) is 7.47. The highest BCUT2D eigenvalue weighted by atomic mass is 35.5. The van der Waals surface area contributed by atoms with Crippen molar-refractivity contribution in [3.8, 4) is 0 Å². The van der Waals surface area contributed by atoms with E-state index >= 15 is 0 Å². The number of aryl methyl sites for hydroxylation is 1. The first-order valence-corrected chi connectivity index (χ1v) is 8.89. The lowest BCUT2D eigenvalue weighted by molar-refractivity contribution is 0.627. The maximum atomic E-state index is 13.3. The first-order valence-electron chi connectivity index (χ1n) is 7.36. The van der Waals surface area contributed by atoms with Gasteiger partial charge >= 0.3 is 0 Å². The van der Waals surface area contributed by atoms with Gasteiger partial charge in [0.2, 0.25) is 0 Å². The van der Waals surface area contributed by atoms with Gasteiger partial charge in [0, 0.05) is 23.8 Å². The van der Waals surface area contributed by atoms with Gasteiger partial charge in [0.05, 0.1) is 15.7 Å². The maximum absolute atomic E-state index is 13.3. The Balaban J connectivity index is 2.01. The molecule has 7 heteroatoms. The molecule has 0 bridgehead atoms. The van der Waals surface area contributed by atoms with Gasteiger partial charge in [0.15, 0.2) is 0 Å². The third-order valence-electron chi connectivity index (χ3n) is 3.58. The lowest BCUT2D eigenvalue weighted by Gasteiger charge is -2.24. The summed E-state index contributed by atoms with van der Waals surface area (Å²) < 4.78 is 17.3. The summed E-state index contributed by atoms with van der Waals surface area (Å²) in [4.78, 5) is 2.06. The SMILES string of the molecule is CCc1nnsc1N(Cc1ccc(Cl)c(Cl)c1)c1ccc(F)cc1. The summed E-state index contributed by atoms with van der Waals surface area (Å²) in [5.74, 6) is -0.272. The minimum absolute atomic E-state index is 0.272. The number of anilines is 2. The van der Waals surface area contributed by atoms with E-state index in [9.17, 15) is 4.39 Å². The molecule has 0 radical (unpaired) electrons. The quantitative estimate of drug-likeness (QED) is 0.551. The molecule has 0 saturated heterocycles. The molecule has 0 amide bonds. The fraction of sp³-hybridized carbons (Fsp3) is 0.176. The lowest BCUT2D eigenvalue weighted by atomic mass is 10.2. The van der Waals surface area contributed by atoms with Crippen molar-refractivity contribution in [1.82, 2.24) is 9.59 Å². The monoisotopic (exact) mass is 381 g/mol. The average Bonchev–Trinajstić information content (AvgIpc) is 3.05.